The van der Waals surface area contributed by atoms with Crippen LogP contribution in [0, 0.1) is 13.8 Å². The quantitative estimate of drug-likeness (QED) is 0.391. The third-order valence-corrected chi connectivity index (χ3v) is 7.54. The number of carbonyl (C=O) groups excluding carboxylic acids is 1. The topological polar surface area (TPSA) is 81.3 Å². The molecule has 6 nitrogen and oxygen atoms in total. The Bertz CT molecular complexity index is 1480. The number of aromatic nitrogens is 2. The van der Waals surface area contributed by atoms with Crippen molar-refractivity contribution in [3.05, 3.63) is 86.1 Å². The van der Waals surface area contributed by atoms with Crippen LogP contribution in [0.2, 0.25) is 0 Å². The number of benzene rings is 2. The summed E-state index contributed by atoms with van der Waals surface area (Å²) in [7, 11) is 3.18. The summed E-state index contributed by atoms with van der Waals surface area (Å²) in [6.07, 6.45) is 0.928. The Hall–Kier alpha value is -3.71. The van der Waals surface area contributed by atoms with E-state index >= 15 is 0 Å². The molecule has 1 atom stereocenters. The minimum Gasteiger partial charge on any atom is -0.493 e. The molecule has 7 heteroatoms. The zero-order chi connectivity index (χ0) is 24.7. The van der Waals surface area contributed by atoms with Crippen LogP contribution in [0.5, 0.6) is 11.5 Å². The molecule has 0 saturated carbocycles. The first-order valence-corrected chi connectivity index (χ1v) is 12.3. The number of ketones is 1. The lowest BCUT2D eigenvalue weighted by molar-refractivity contribution is 0.0963. The Kier molecular flexibility index (Phi) is 6.03. The van der Waals surface area contributed by atoms with Crippen molar-refractivity contribution in [3.63, 3.8) is 0 Å². The Morgan fingerprint density at radius 3 is 2.37 bits per heavy atom. The molecule has 0 radical (unpaired) electrons. The molecule has 4 aromatic rings. The molecule has 178 valence electrons. The molecule has 0 aliphatic heterocycles. The van der Waals surface area contributed by atoms with Crippen LogP contribution >= 0.6 is 11.3 Å². The Balaban J connectivity index is 1.49. The van der Waals surface area contributed by atoms with Crippen molar-refractivity contribution in [1.82, 2.24) is 9.97 Å². The van der Waals surface area contributed by atoms with Crippen LogP contribution in [0.15, 0.2) is 53.3 Å². The molecule has 1 aliphatic rings. The monoisotopic (exact) mass is 486 g/mol. The molecule has 0 unspecified atom stereocenters. The number of hydrogen-bond acceptors (Lipinski definition) is 6. The number of rotatable bonds is 5. The van der Waals surface area contributed by atoms with Gasteiger partial charge in [-0.3, -0.25) is 9.59 Å². The number of thiazole rings is 1. The van der Waals surface area contributed by atoms with Gasteiger partial charge in [0.15, 0.2) is 17.3 Å². The largest absolute Gasteiger partial charge is 0.493 e. The summed E-state index contributed by atoms with van der Waals surface area (Å²) in [6, 6.07) is 15.6. The Morgan fingerprint density at radius 2 is 1.66 bits per heavy atom. The number of fused-ring (bicyclic) bond motifs is 1. The fraction of sp³-hybridized carbons (Fsp3) is 0.250. The maximum Gasteiger partial charge on any atom is 0.258 e. The van der Waals surface area contributed by atoms with E-state index in [0.29, 0.717) is 46.2 Å². The number of ether oxygens (including phenoxy) is 2. The van der Waals surface area contributed by atoms with Gasteiger partial charge >= 0.3 is 0 Å². The van der Waals surface area contributed by atoms with Crippen molar-refractivity contribution in [3.8, 4) is 33.3 Å². The van der Waals surface area contributed by atoms with Gasteiger partial charge in [0.25, 0.3) is 5.56 Å². The lowest BCUT2D eigenvalue weighted by atomic mass is 9.81. The van der Waals surface area contributed by atoms with E-state index in [1.165, 1.54) is 16.9 Å². The summed E-state index contributed by atoms with van der Waals surface area (Å²) in [6.45, 7) is 4.05. The molecule has 2 aromatic carbocycles. The van der Waals surface area contributed by atoms with Crippen molar-refractivity contribution in [2.24, 2.45) is 0 Å². The number of carbonyl (C=O) groups is 1. The number of hydrogen-bond donors (Lipinski definition) is 1. The number of pyridine rings is 1. The smallest absolute Gasteiger partial charge is 0.258 e. The van der Waals surface area contributed by atoms with Crippen molar-refractivity contribution in [2.45, 2.75) is 32.6 Å². The van der Waals surface area contributed by atoms with E-state index in [2.05, 4.69) is 4.98 Å². The van der Waals surface area contributed by atoms with E-state index in [1.807, 2.05) is 56.3 Å². The van der Waals surface area contributed by atoms with Crippen molar-refractivity contribution in [1.29, 1.82) is 0 Å². The van der Waals surface area contributed by atoms with Crippen LogP contribution < -0.4 is 15.0 Å². The molecule has 0 fully saturated rings. The molecule has 5 rings (SSSR count). The zero-order valence-electron chi connectivity index (χ0n) is 20.1. The van der Waals surface area contributed by atoms with E-state index < -0.39 is 0 Å². The van der Waals surface area contributed by atoms with Crippen molar-refractivity contribution >= 4 is 17.1 Å². The van der Waals surface area contributed by atoms with Gasteiger partial charge in [-0.2, -0.15) is 0 Å². The standard InChI is InChI=1S/C28H26N2O4S/c1-15-5-7-17(8-6-15)26-16(2)35-28(30-26)21-14-20-22(29-27(21)32)11-19(12-23(20)31)18-9-10-24(33-3)25(13-18)34-4/h5-10,13-14,19H,11-12H2,1-4H3,(H,29,32)/t19-/m0/s1. The summed E-state index contributed by atoms with van der Waals surface area (Å²) in [5.74, 6) is 1.22. The second-order valence-corrected chi connectivity index (χ2v) is 10.0. The van der Waals surface area contributed by atoms with Gasteiger partial charge in [-0.25, -0.2) is 4.98 Å². The number of methoxy groups -OCH3 is 2. The van der Waals surface area contributed by atoms with E-state index in [9.17, 15) is 9.59 Å². The first kappa shape index (κ1) is 23.1. The highest BCUT2D eigenvalue weighted by atomic mass is 32.1. The number of nitrogens with one attached hydrogen (secondary N) is 1. The third-order valence-electron chi connectivity index (χ3n) is 6.54. The predicted molar refractivity (Wildman–Crippen MR) is 138 cm³/mol. The molecule has 0 amide bonds. The second-order valence-electron chi connectivity index (χ2n) is 8.84. The summed E-state index contributed by atoms with van der Waals surface area (Å²) in [5.41, 5.74) is 5.48. The van der Waals surface area contributed by atoms with Gasteiger partial charge < -0.3 is 14.5 Å². The van der Waals surface area contributed by atoms with Gasteiger partial charge in [0, 0.05) is 28.1 Å². The Morgan fingerprint density at radius 1 is 0.914 bits per heavy atom. The van der Waals surface area contributed by atoms with Gasteiger partial charge in [0.2, 0.25) is 0 Å². The van der Waals surface area contributed by atoms with Gasteiger partial charge in [-0.1, -0.05) is 35.9 Å². The van der Waals surface area contributed by atoms with Crippen LogP contribution in [0.4, 0.5) is 0 Å². The summed E-state index contributed by atoms with van der Waals surface area (Å²) < 4.78 is 10.7. The fourth-order valence-electron chi connectivity index (χ4n) is 4.62. The average Bonchev–Trinajstić information content (AvgIpc) is 3.24. The third kappa shape index (κ3) is 4.28. The van der Waals surface area contributed by atoms with E-state index in [0.717, 1.165) is 21.7 Å². The number of nitrogens with zero attached hydrogens (tertiary/aromatic N) is 1. The van der Waals surface area contributed by atoms with Gasteiger partial charge in [0.05, 0.1) is 25.5 Å². The first-order valence-electron chi connectivity index (χ1n) is 11.4. The number of aromatic amines is 1. The van der Waals surface area contributed by atoms with Crippen molar-refractivity contribution < 1.29 is 14.3 Å². The SMILES string of the molecule is COc1ccc([C@@H]2CC(=O)c3cc(-c4nc(-c5ccc(C)cc5)c(C)s4)c(=O)[nH]c3C2)cc1OC. The molecule has 1 aliphatic carbocycles. The predicted octanol–water partition coefficient (Wildman–Crippen LogP) is 5.71. The summed E-state index contributed by atoms with van der Waals surface area (Å²) >= 11 is 1.47. The maximum absolute atomic E-state index is 13.2. The molecule has 0 spiro atoms. The van der Waals surface area contributed by atoms with E-state index in [1.54, 1.807) is 20.3 Å². The Labute approximate surface area is 207 Å². The minimum atomic E-state index is -0.228. The number of Topliss-reactive ketones (excluding diaryl/α,β-unsaturated/α-hetero) is 1. The fourth-order valence-corrected chi connectivity index (χ4v) is 5.57. The lowest BCUT2D eigenvalue weighted by Crippen LogP contribution is -2.24. The highest BCUT2D eigenvalue weighted by molar-refractivity contribution is 7.15. The van der Waals surface area contributed by atoms with Crippen LogP contribution in [-0.4, -0.2) is 30.0 Å². The van der Waals surface area contributed by atoms with Crippen LogP contribution in [0.3, 0.4) is 0 Å². The molecular weight excluding hydrogens is 460 g/mol. The van der Waals surface area contributed by atoms with Gasteiger partial charge in [-0.05, 0) is 49.9 Å². The molecule has 2 heterocycles. The summed E-state index contributed by atoms with van der Waals surface area (Å²) in [5, 5.41) is 0.622. The molecule has 0 bridgehead atoms. The van der Waals surface area contributed by atoms with Gasteiger partial charge in [0.1, 0.15) is 5.01 Å². The second kappa shape index (κ2) is 9.15. The molecular formula is C28H26N2O4S. The molecule has 1 N–H and O–H groups in total. The highest BCUT2D eigenvalue weighted by Crippen LogP contribution is 2.38. The molecule has 0 saturated heterocycles. The lowest BCUT2D eigenvalue weighted by Gasteiger charge is -2.24. The van der Waals surface area contributed by atoms with E-state index in [-0.39, 0.29) is 17.3 Å². The average molecular weight is 487 g/mol. The van der Waals surface area contributed by atoms with Gasteiger partial charge in [-0.15, -0.1) is 11.3 Å². The highest BCUT2D eigenvalue weighted by Gasteiger charge is 2.29. The van der Waals surface area contributed by atoms with Crippen LogP contribution in [0.1, 0.15) is 44.4 Å². The van der Waals surface area contributed by atoms with E-state index in [4.69, 9.17) is 14.5 Å². The maximum atomic E-state index is 13.2. The molecule has 35 heavy (non-hydrogen) atoms. The van der Waals surface area contributed by atoms with Crippen molar-refractivity contribution in [2.75, 3.05) is 14.2 Å². The molecule has 2 aromatic heterocycles. The summed E-state index contributed by atoms with van der Waals surface area (Å²) in [4.78, 5) is 35.1. The number of aryl methyl sites for hydroxylation is 2. The van der Waals surface area contributed by atoms with Crippen LogP contribution in [0.25, 0.3) is 21.8 Å². The zero-order valence-corrected chi connectivity index (χ0v) is 20.9. The van der Waals surface area contributed by atoms with Crippen LogP contribution in [-0.2, 0) is 6.42 Å². The normalized spacial score (nSPS) is 15.1. The minimum absolute atomic E-state index is 0.00979. The first-order chi connectivity index (χ1) is 16.9. The number of H-pyrrole nitrogens is 1.